The molecule has 300 valence electrons. The summed E-state index contributed by atoms with van der Waals surface area (Å²) in [6, 6.07) is 22.0. The van der Waals surface area contributed by atoms with Crippen LogP contribution in [0.1, 0.15) is 132 Å². The highest BCUT2D eigenvalue weighted by atomic mass is 16.5. The van der Waals surface area contributed by atoms with Crippen molar-refractivity contribution in [2.45, 2.75) is 90.3 Å². The zero-order chi connectivity index (χ0) is 40.8. The molecule has 4 N–H and O–H groups in total. The Morgan fingerprint density at radius 2 is 0.948 bits per heavy atom. The molecular formula is C48H52N4O6. The Bertz CT molecular complexity index is 2310. The van der Waals surface area contributed by atoms with Gasteiger partial charge in [-0.25, -0.2) is 14.6 Å². The minimum absolute atomic E-state index is 0.269. The van der Waals surface area contributed by atoms with Gasteiger partial charge in [-0.2, -0.15) is 0 Å². The van der Waals surface area contributed by atoms with E-state index < -0.39 is 24.1 Å². The van der Waals surface area contributed by atoms with Gasteiger partial charge in [-0.3, -0.25) is 4.98 Å². The summed E-state index contributed by atoms with van der Waals surface area (Å²) in [5, 5.41) is 24.0. The summed E-state index contributed by atoms with van der Waals surface area (Å²) >= 11 is 0. The first-order chi connectivity index (χ1) is 28.3. The normalized spacial score (nSPS) is 14.8. The van der Waals surface area contributed by atoms with Gasteiger partial charge in [0.2, 0.25) is 0 Å². The van der Waals surface area contributed by atoms with Gasteiger partial charge >= 0.3 is 11.9 Å². The Morgan fingerprint density at radius 1 is 0.552 bits per heavy atom. The van der Waals surface area contributed by atoms with Crippen molar-refractivity contribution < 1.29 is 29.3 Å². The summed E-state index contributed by atoms with van der Waals surface area (Å²) in [7, 11) is 2.68. The molecule has 5 aromatic rings. The van der Waals surface area contributed by atoms with Crippen LogP contribution in [0.25, 0.3) is 56.5 Å². The molecule has 0 radical (unpaired) electrons. The number of aliphatic hydroxyl groups excluding tert-OH is 2. The van der Waals surface area contributed by atoms with Crippen LogP contribution in [-0.4, -0.2) is 56.3 Å². The van der Waals surface area contributed by atoms with E-state index in [4.69, 9.17) is 19.4 Å². The Balaban J connectivity index is 1.59. The van der Waals surface area contributed by atoms with Gasteiger partial charge in [0.15, 0.2) is 0 Å². The van der Waals surface area contributed by atoms with Crippen molar-refractivity contribution in [2.24, 2.45) is 0 Å². The summed E-state index contributed by atoms with van der Waals surface area (Å²) in [5.74, 6) is -0.928. The topological polar surface area (TPSA) is 150 Å². The fourth-order valence-electron chi connectivity index (χ4n) is 8.02. The van der Waals surface area contributed by atoms with E-state index in [1.165, 1.54) is 14.2 Å². The lowest BCUT2D eigenvalue weighted by Gasteiger charge is -2.13. The second-order valence-corrected chi connectivity index (χ2v) is 15.0. The molecule has 0 saturated carbocycles. The monoisotopic (exact) mass is 780 g/mol. The first-order valence-corrected chi connectivity index (χ1v) is 20.5. The number of ether oxygens (including phenoxy) is 2. The summed E-state index contributed by atoms with van der Waals surface area (Å²) in [5.41, 5.74) is 11.0. The number of aromatic amines is 2. The van der Waals surface area contributed by atoms with Crippen LogP contribution in [-0.2, 0) is 22.3 Å². The number of methoxy groups -OCH3 is 2. The van der Waals surface area contributed by atoms with Gasteiger partial charge in [-0.1, -0.05) is 76.6 Å². The number of esters is 2. The smallest absolute Gasteiger partial charge is 0.337 e. The number of nitrogens with zero attached hydrogens (tertiary/aromatic N) is 2. The van der Waals surface area contributed by atoms with Gasteiger partial charge < -0.3 is 29.7 Å². The number of aromatic nitrogens is 4. The predicted octanol–water partition coefficient (Wildman–Crippen LogP) is 10.4. The summed E-state index contributed by atoms with van der Waals surface area (Å²) in [4.78, 5) is 42.6. The molecule has 58 heavy (non-hydrogen) atoms. The van der Waals surface area contributed by atoms with Crippen LogP contribution in [0.2, 0.25) is 0 Å². The van der Waals surface area contributed by atoms with E-state index in [0.29, 0.717) is 44.4 Å². The molecule has 7 rings (SSSR count). The number of carbonyl (C=O) groups excluding carboxylic acids is 2. The van der Waals surface area contributed by atoms with Gasteiger partial charge in [0.25, 0.3) is 0 Å². The summed E-state index contributed by atoms with van der Waals surface area (Å²) < 4.78 is 9.93. The molecule has 2 aliphatic rings. The Morgan fingerprint density at radius 3 is 1.33 bits per heavy atom. The summed E-state index contributed by atoms with van der Waals surface area (Å²) in [6.45, 7) is 4.42. The largest absolute Gasteiger partial charge is 0.465 e. The molecule has 0 unspecified atom stereocenters. The number of unbranched alkanes of at least 4 members (excludes halogenated alkanes) is 6. The molecule has 8 bridgehead atoms. The average molecular weight is 781 g/mol. The second kappa shape index (κ2) is 18.2. The molecule has 0 spiro atoms. The first-order valence-electron chi connectivity index (χ1n) is 20.5. The lowest BCUT2D eigenvalue weighted by molar-refractivity contribution is 0.0260. The van der Waals surface area contributed by atoms with Crippen LogP contribution in [0.4, 0.5) is 0 Å². The average Bonchev–Trinajstić information content (AvgIpc) is 4.08. The van der Waals surface area contributed by atoms with E-state index in [0.717, 1.165) is 97.8 Å². The number of hydrogen-bond acceptors (Lipinski definition) is 8. The van der Waals surface area contributed by atoms with Gasteiger partial charge in [-0.05, 0) is 97.5 Å². The van der Waals surface area contributed by atoms with Crippen LogP contribution >= 0.6 is 0 Å². The lowest BCUT2D eigenvalue weighted by atomic mass is 9.96. The molecule has 0 amide bonds. The molecule has 10 nitrogen and oxygen atoms in total. The van der Waals surface area contributed by atoms with Crippen molar-refractivity contribution in [2.75, 3.05) is 14.2 Å². The quantitative estimate of drug-likeness (QED) is 0.0630. The number of H-pyrrole nitrogens is 2. The number of aryl methyl sites for hydroxylation is 2. The standard InChI is InChI=1S/C48H52N4O6/c1-5-7-9-11-13-33-35-23-24-36(49-35)34(14-12-10-8-6-2)38-26-28-40(51-38)42(30-17-21-32(22-18-30)48(56)58-4)44-46(54)45(53)43(52-44)41(39-27-25-37(33)50-39)29-15-19-31(20-16-29)47(55)57-3/h15-28,45-46,50-51,53-54H,5-14H2,1-4H3/t45-,46+. The van der Waals surface area contributed by atoms with E-state index >= 15 is 0 Å². The second-order valence-electron chi connectivity index (χ2n) is 15.0. The fourth-order valence-corrected chi connectivity index (χ4v) is 8.02. The number of rotatable bonds is 14. The number of hydrogen-bond donors (Lipinski definition) is 4. The lowest BCUT2D eigenvalue weighted by Crippen LogP contribution is -2.06. The van der Waals surface area contributed by atoms with E-state index in [9.17, 15) is 19.8 Å². The van der Waals surface area contributed by atoms with Crippen LogP contribution in [0.15, 0.2) is 72.8 Å². The van der Waals surface area contributed by atoms with E-state index in [2.05, 4.69) is 48.1 Å². The molecule has 2 atom stereocenters. The third-order valence-electron chi connectivity index (χ3n) is 11.2. The van der Waals surface area contributed by atoms with Crippen LogP contribution in [0.3, 0.4) is 0 Å². The van der Waals surface area contributed by atoms with E-state index in [1.807, 2.05) is 12.1 Å². The van der Waals surface area contributed by atoms with E-state index in [1.54, 1.807) is 48.5 Å². The minimum atomic E-state index is -1.40. The third-order valence-corrected chi connectivity index (χ3v) is 11.2. The molecule has 2 aromatic carbocycles. The fraction of sp³-hybridized carbons (Fsp3) is 0.333. The minimum Gasteiger partial charge on any atom is -0.465 e. The molecule has 0 aliphatic carbocycles. The highest BCUT2D eigenvalue weighted by molar-refractivity contribution is 5.93. The molecular weight excluding hydrogens is 729 g/mol. The first kappa shape index (κ1) is 40.4. The van der Waals surface area contributed by atoms with Gasteiger partial charge in [0, 0.05) is 44.3 Å². The predicted molar refractivity (Wildman–Crippen MR) is 229 cm³/mol. The zero-order valence-corrected chi connectivity index (χ0v) is 33.7. The number of carbonyl (C=O) groups is 2. The van der Waals surface area contributed by atoms with Gasteiger partial charge in [-0.15, -0.1) is 0 Å². The Kier molecular flexibility index (Phi) is 12.6. The maximum Gasteiger partial charge on any atom is 0.337 e. The van der Waals surface area contributed by atoms with Crippen molar-refractivity contribution in [1.82, 2.24) is 19.9 Å². The molecule has 3 aromatic heterocycles. The van der Waals surface area contributed by atoms with E-state index in [-0.39, 0.29) is 11.4 Å². The molecule has 5 heterocycles. The van der Waals surface area contributed by atoms with Crippen molar-refractivity contribution in [3.8, 4) is 22.3 Å². The molecule has 0 saturated heterocycles. The third kappa shape index (κ3) is 8.26. The number of fused-ring (bicyclic) bond motifs is 8. The highest BCUT2D eigenvalue weighted by Crippen LogP contribution is 2.43. The molecule has 10 heteroatoms. The van der Waals surface area contributed by atoms with Crippen LogP contribution in [0.5, 0.6) is 0 Å². The Labute approximate surface area is 339 Å². The Hall–Kier alpha value is -5.84. The number of aliphatic hydroxyl groups is 2. The maximum atomic E-state index is 12.4. The highest BCUT2D eigenvalue weighted by Gasteiger charge is 2.34. The van der Waals surface area contributed by atoms with Gasteiger partial charge in [0.05, 0.1) is 48.1 Å². The molecule has 2 aliphatic heterocycles. The maximum absolute atomic E-state index is 12.4. The number of nitrogens with one attached hydrogen (secondary N) is 2. The van der Waals surface area contributed by atoms with Gasteiger partial charge in [0.1, 0.15) is 12.2 Å². The number of benzene rings is 2. The van der Waals surface area contributed by atoms with Crippen molar-refractivity contribution >= 4 is 46.2 Å². The zero-order valence-electron chi connectivity index (χ0n) is 33.7. The summed E-state index contributed by atoms with van der Waals surface area (Å²) in [6.07, 6.45) is 11.9. The molecule has 0 fully saturated rings. The SMILES string of the molecule is CCCCCCc1c2nc(c(CCCCCC)c3ccc([nH]3)c(-c3ccc(C(=O)OC)cc3)c3nc(c(-c4ccc(C(=O)OC)cc4)c4ccc1[nH]4)[C@@H](O)[C@H]3O)C=C2. The van der Waals surface area contributed by atoms with Crippen molar-refractivity contribution in [3.05, 3.63) is 118 Å². The van der Waals surface area contributed by atoms with Crippen molar-refractivity contribution in [1.29, 1.82) is 0 Å². The van der Waals surface area contributed by atoms with Crippen LogP contribution in [0, 0.1) is 0 Å². The van der Waals surface area contributed by atoms with Crippen LogP contribution < -0.4 is 0 Å². The van der Waals surface area contributed by atoms with Crippen molar-refractivity contribution in [3.63, 3.8) is 0 Å².